The van der Waals surface area contributed by atoms with E-state index < -0.39 is 5.97 Å². The van der Waals surface area contributed by atoms with Gasteiger partial charge in [-0.3, -0.25) is 4.79 Å². The first kappa shape index (κ1) is 9.74. The Balaban J connectivity index is 3.05. The van der Waals surface area contributed by atoms with Crippen LogP contribution in [0.3, 0.4) is 0 Å². The lowest BCUT2D eigenvalue weighted by molar-refractivity contribution is -0.136. The molecule has 0 saturated carbocycles. The highest BCUT2D eigenvalue weighted by atomic mass is 79.9. The molecule has 0 bridgehead atoms. The molecule has 0 fully saturated rings. The van der Waals surface area contributed by atoms with E-state index in [-0.39, 0.29) is 6.42 Å². The molecule has 0 aliphatic rings. The van der Waals surface area contributed by atoms with Gasteiger partial charge in [-0.05, 0) is 35.3 Å². The second kappa shape index (κ2) is 3.58. The number of hydrogen-bond acceptors (Lipinski definition) is 2. The van der Waals surface area contributed by atoms with Gasteiger partial charge in [-0.2, -0.15) is 0 Å². The van der Waals surface area contributed by atoms with Gasteiger partial charge in [0.1, 0.15) is 0 Å². The number of halogens is 1. The van der Waals surface area contributed by atoms with Gasteiger partial charge in [0.2, 0.25) is 0 Å². The molecular weight excluding hydrogens is 240 g/mol. The van der Waals surface area contributed by atoms with Crippen molar-refractivity contribution in [2.45, 2.75) is 20.3 Å². The topological polar surface area (TPSA) is 37.3 Å². The SMILES string of the molecule is Cc1sc(C)c(CC(=O)O)c1Br. The number of aryl methyl sites for hydroxylation is 2. The molecule has 0 aliphatic heterocycles. The molecule has 0 radical (unpaired) electrons. The average Bonchev–Trinajstić information content (AvgIpc) is 2.16. The van der Waals surface area contributed by atoms with Crippen molar-refractivity contribution in [1.29, 1.82) is 0 Å². The van der Waals surface area contributed by atoms with E-state index in [4.69, 9.17) is 5.11 Å². The fraction of sp³-hybridized carbons (Fsp3) is 0.375. The van der Waals surface area contributed by atoms with Crippen LogP contribution in [0.5, 0.6) is 0 Å². The van der Waals surface area contributed by atoms with E-state index in [9.17, 15) is 4.79 Å². The minimum absolute atomic E-state index is 0.108. The Morgan fingerprint density at radius 2 is 2.08 bits per heavy atom. The molecule has 0 unspecified atom stereocenters. The fourth-order valence-corrected chi connectivity index (χ4v) is 2.84. The molecule has 0 spiro atoms. The maximum absolute atomic E-state index is 10.5. The average molecular weight is 249 g/mol. The molecule has 1 aromatic rings. The maximum atomic E-state index is 10.5. The zero-order valence-electron chi connectivity index (χ0n) is 6.85. The molecule has 0 atom stereocenters. The van der Waals surface area contributed by atoms with Crippen LogP contribution in [0.25, 0.3) is 0 Å². The first-order valence-electron chi connectivity index (χ1n) is 3.48. The molecule has 0 saturated heterocycles. The zero-order chi connectivity index (χ0) is 9.30. The van der Waals surface area contributed by atoms with Gasteiger partial charge >= 0.3 is 5.97 Å². The molecule has 0 amide bonds. The molecule has 12 heavy (non-hydrogen) atoms. The number of carbonyl (C=O) groups is 1. The van der Waals surface area contributed by atoms with Crippen molar-refractivity contribution in [2.24, 2.45) is 0 Å². The molecule has 1 N–H and O–H groups in total. The van der Waals surface area contributed by atoms with Crippen LogP contribution in [-0.2, 0) is 11.2 Å². The number of carboxylic acid groups (broad SMARTS) is 1. The van der Waals surface area contributed by atoms with Crippen molar-refractivity contribution in [3.63, 3.8) is 0 Å². The van der Waals surface area contributed by atoms with Gasteiger partial charge in [0.15, 0.2) is 0 Å². The maximum Gasteiger partial charge on any atom is 0.307 e. The lowest BCUT2D eigenvalue weighted by Crippen LogP contribution is -2.00. The van der Waals surface area contributed by atoms with Crippen LogP contribution in [-0.4, -0.2) is 11.1 Å². The summed E-state index contributed by atoms with van der Waals surface area (Å²) >= 11 is 5.00. The standard InChI is InChI=1S/C8H9BrO2S/c1-4-6(3-7(10)11)8(9)5(2)12-4/h3H2,1-2H3,(H,10,11). The lowest BCUT2D eigenvalue weighted by atomic mass is 10.2. The molecule has 1 rings (SSSR count). The summed E-state index contributed by atoms with van der Waals surface area (Å²) in [6.45, 7) is 3.92. The van der Waals surface area contributed by atoms with Crippen molar-refractivity contribution >= 4 is 33.2 Å². The molecule has 2 nitrogen and oxygen atoms in total. The van der Waals surface area contributed by atoms with E-state index in [1.54, 1.807) is 11.3 Å². The highest BCUT2D eigenvalue weighted by Crippen LogP contribution is 2.32. The number of carboxylic acids is 1. The molecule has 1 aromatic heterocycles. The number of hydrogen-bond donors (Lipinski definition) is 1. The van der Waals surface area contributed by atoms with Gasteiger partial charge in [0, 0.05) is 14.2 Å². The first-order chi connectivity index (χ1) is 5.52. The second-order valence-corrected chi connectivity index (χ2v) is 4.80. The Morgan fingerprint density at radius 3 is 2.42 bits per heavy atom. The highest BCUT2D eigenvalue weighted by molar-refractivity contribution is 9.10. The van der Waals surface area contributed by atoms with Crippen LogP contribution in [0.15, 0.2) is 4.47 Å². The summed E-state index contributed by atoms with van der Waals surface area (Å²) in [5.41, 5.74) is 0.907. The van der Waals surface area contributed by atoms with Crippen LogP contribution in [0.2, 0.25) is 0 Å². The highest BCUT2D eigenvalue weighted by Gasteiger charge is 2.12. The zero-order valence-corrected chi connectivity index (χ0v) is 9.25. The van der Waals surface area contributed by atoms with Gasteiger partial charge in [-0.1, -0.05) is 0 Å². The largest absolute Gasteiger partial charge is 0.481 e. The van der Waals surface area contributed by atoms with Gasteiger partial charge in [-0.15, -0.1) is 11.3 Å². The third-order valence-electron chi connectivity index (χ3n) is 1.63. The van der Waals surface area contributed by atoms with Crippen LogP contribution in [0.4, 0.5) is 0 Å². The van der Waals surface area contributed by atoms with Gasteiger partial charge in [0.05, 0.1) is 6.42 Å². The van der Waals surface area contributed by atoms with Gasteiger partial charge < -0.3 is 5.11 Å². The van der Waals surface area contributed by atoms with Crippen molar-refractivity contribution < 1.29 is 9.90 Å². The monoisotopic (exact) mass is 248 g/mol. The third-order valence-corrected chi connectivity index (χ3v) is 4.03. The van der Waals surface area contributed by atoms with Crippen LogP contribution < -0.4 is 0 Å². The van der Waals surface area contributed by atoms with Crippen molar-refractivity contribution in [3.05, 3.63) is 19.8 Å². The summed E-state index contributed by atoms with van der Waals surface area (Å²) < 4.78 is 0.951. The molecule has 1 heterocycles. The van der Waals surface area contributed by atoms with Crippen molar-refractivity contribution in [2.75, 3.05) is 0 Å². The van der Waals surface area contributed by atoms with E-state index in [1.807, 2.05) is 13.8 Å². The van der Waals surface area contributed by atoms with Crippen molar-refractivity contribution in [1.82, 2.24) is 0 Å². The minimum atomic E-state index is -0.781. The number of thiophene rings is 1. The van der Waals surface area contributed by atoms with Crippen LogP contribution >= 0.6 is 27.3 Å². The van der Waals surface area contributed by atoms with E-state index in [1.165, 1.54) is 0 Å². The third kappa shape index (κ3) is 1.87. The molecule has 0 aromatic carbocycles. The van der Waals surface area contributed by atoms with E-state index in [2.05, 4.69) is 15.9 Å². The fourth-order valence-electron chi connectivity index (χ4n) is 1.06. The quantitative estimate of drug-likeness (QED) is 0.874. The van der Waals surface area contributed by atoms with Crippen LogP contribution in [0, 0.1) is 13.8 Å². The van der Waals surface area contributed by atoms with E-state index in [0.29, 0.717) is 0 Å². The second-order valence-electron chi connectivity index (χ2n) is 2.58. The first-order valence-corrected chi connectivity index (χ1v) is 5.09. The smallest absolute Gasteiger partial charge is 0.307 e. The molecule has 4 heteroatoms. The number of rotatable bonds is 2. The summed E-state index contributed by atoms with van der Waals surface area (Å²) in [4.78, 5) is 12.7. The normalized spacial score (nSPS) is 10.2. The Bertz CT molecular complexity index is 317. The van der Waals surface area contributed by atoms with E-state index >= 15 is 0 Å². The lowest BCUT2D eigenvalue weighted by Gasteiger charge is -1.95. The summed E-state index contributed by atoms with van der Waals surface area (Å²) in [7, 11) is 0. The van der Waals surface area contributed by atoms with E-state index in [0.717, 1.165) is 19.8 Å². The molecule has 0 aliphatic carbocycles. The Hall–Kier alpha value is -0.350. The Kier molecular flexibility index (Phi) is 2.90. The summed E-state index contributed by atoms with van der Waals surface area (Å²) in [5.74, 6) is -0.781. The summed E-state index contributed by atoms with van der Waals surface area (Å²) in [6.07, 6.45) is 0.108. The summed E-state index contributed by atoms with van der Waals surface area (Å²) in [6, 6.07) is 0. The predicted molar refractivity (Wildman–Crippen MR) is 52.8 cm³/mol. The van der Waals surface area contributed by atoms with Gasteiger partial charge in [0.25, 0.3) is 0 Å². The number of aliphatic carboxylic acids is 1. The Labute approximate surface area is 83.4 Å². The minimum Gasteiger partial charge on any atom is -0.481 e. The molecule has 66 valence electrons. The van der Waals surface area contributed by atoms with Gasteiger partial charge in [-0.25, -0.2) is 0 Å². The predicted octanol–water partition coefficient (Wildman–Crippen LogP) is 2.75. The Morgan fingerprint density at radius 1 is 1.50 bits per heavy atom. The molecular formula is C8H9BrO2S. The summed E-state index contributed by atoms with van der Waals surface area (Å²) in [5, 5.41) is 8.61. The van der Waals surface area contributed by atoms with Crippen molar-refractivity contribution in [3.8, 4) is 0 Å². The van der Waals surface area contributed by atoms with Crippen LogP contribution in [0.1, 0.15) is 15.3 Å².